The lowest BCUT2D eigenvalue weighted by Gasteiger charge is -2.14. The lowest BCUT2D eigenvalue weighted by Crippen LogP contribution is -2.28. The van der Waals surface area contributed by atoms with Crippen LogP contribution in [0.2, 0.25) is 0 Å². The molecule has 28 heavy (non-hydrogen) atoms. The van der Waals surface area contributed by atoms with Crippen molar-refractivity contribution in [2.45, 2.75) is 19.9 Å². The minimum atomic E-state index is -0.625. The zero-order chi connectivity index (χ0) is 20.1. The number of carbonyl (C=O) groups is 4. The number of nitrogens with zero attached hydrogens (tertiary/aromatic N) is 1. The van der Waals surface area contributed by atoms with Crippen molar-refractivity contribution in [3.63, 3.8) is 0 Å². The van der Waals surface area contributed by atoms with E-state index >= 15 is 0 Å². The SMILES string of the molecule is CC(=O)c1ccccc1NC(=O)COC(=O)[C@H]1CC(=O)N(Cc2ccco2)C1. The number of likely N-dealkylation sites (tertiary alicyclic amines) is 1. The summed E-state index contributed by atoms with van der Waals surface area (Å²) < 4.78 is 10.3. The molecule has 2 aromatic rings. The number of anilines is 1. The maximum absolute atomic E-state index is 12.2. The molecule has 8 nitrogen and oxygen atoms in total. The zero-order valence-electron chi connectivity index (χ0n) is 15.3. The molecule has 8 heteroatoms. The molecule has 1 saturated heterocycles. The molecule has 0 bridgehead atoms. The number of hydrogen-bond donors (Lipinski definition) is 1. The van der Waals surface area contributed by atoms with Crippen LogP contribution in [0, 0.1) is 5.92 Å². The van der Waals surface area contributed by atoms with Crippen LogP contribution >= 0.6 is 0 Å². The van der Waals surface area contributed by atoms with Gasteiger partial charge in [-0.3, -0.25) is 19.2 Å². The maximum Gasteiger partial charge on any atom is 0.311 e. The minimum Gasteiger partial charge on any atom is -0.467 e. The fourth-order valence-electron chi connectivity index (χ4n) is 3.01. The molecule has 1 atom stereocenters. The Bertz CT molecular complexity index is 890. The summed E-state index contributed by atoms with van der Waals surface area (Å²) in [6.07, 6.45) is 1.55. The number of carbonyl (C=O) groups excluding carboxylic acids is 4. The van der Waals surface area contributed by atoms with E-state index in [0.717, 1.165) is 0 Å². The summed E-state index contributed by atoms with van der Waals surface area (Å²) in [4.78, 5) is 49.4. The lowest BCUT2D eigenvalue weighted by atomic mass is 10.1. The van der Waals surface area contributed by atoms with Crippen molar-refractivity contribution in [3.8, 4) is 0 Å². The first kappa shape index (κ1) is 19.3. The maximum atomic E-state index is 12.2. The van der Waals surface area contributed by atoms with E-state index in [1.54, 1.807) is 36.4 Å². The van der Waals surface area contributed by atoms with Crippen molar-refractivity contribution < 1.29 is 28.3 Å². The van der Waals surface area contributed by atoms with E-state index in [-0.39, 0.29) is 31.2 Å². The van der Waals surface area contributed by atoms with Crippen molar-refractivity contribution >= 4 is 29.3 Å². The summed E-state index contributed by atoms with van der Waals surface area (Å²) >= 11 is 0. The van der Waals surface area contributed by atoms with Gasteiger partial charge in [-0.2, -0.15) is 0 Å². The van der Waals surface area contributed by atoms with Crippen LogP contribution in [0.15, 0.2) is 47.1 Å². The number of rotatable bonds is 7. The van der Waals surface area contributed by atoms with E-state index < -0.39 is 24.4 Å². The average molecular weight is 384 g/mol. The Morgan fingerprint density at radius 3 is 2.71 bits per heavy atom. The zero-order valence-corrected chi connectivity index (χ0v) is 15.3. The molecule has 0 aliphatic carbocycles. The Labute approximate surface area is 161 Å². The second-order valence-electron chi connectivity index (χ2n) is 6.51. The first-order chi connectivity index (χ1) is 13.4. The Morgan fingerprint density at radius 1 is 1.21 bits per heavy atom. The number of furan rings is 1. The normalized spacial score (nSPS) is 16.1. The van der Waals surface area contributed by atoms with Crippen molar-refractivity contribution in [1.29, 1.82) is 0 Å². The molecule has 3 rings (SSSR count). The third-order valence-electron chi connectivity index (χ3n) is 4.40. The number of benzene rings is 1. The molecular weight excluding hydrogens is 364 g/mol. The molecular formula is C20H20N2O6. The molecule has 1 aromatic carbocycles. The second-order valence-corrected chi connectivity index (χ2v) is 6.51. The molecule has 1 aromatic heterocycles. The van der Waals surface area contributed by atoms with Gasteiger partial charge in [0.1, 0.15) is 5.76 Å². The summed E-state index contributed by atoms with van der Waals surface area (Å²) in [5.41, 5.74) is 0.730. The number of Topliss-reactive ketones (excluding diaryl/α,β-unsaturated/α-hetero) is 1. The summed E-state index contributed by atoms with van der Waals surface area (Å²) in [7, 11) is 0. The Kier molecular flexibility index (Phi) is 5.88. The highest BCUT2D eigenvalue weighted by Crippen LogP contribution is 2.22. The standard InChI is InChI=1S/C20H20N2O6/c1-13(23)16-6-2-3-7-17(16)21-18(24)12-28-20(26)14-9-19(25)22(10-14)11-15-5-4-8-27-15/h2-8,14H,9-12H2,1H3,(H,21,24)/t14-/m0/s1. The number of ketones is 1. The number of ether oxygens (including phenoxy) is 1. The molecule has 1 aliphatic rings. The van der Waals surface area contributed by atoms with E-state index in [1.807, 2.05) is 0 Å². The van der Waals surface area contributed by atoms with E-state index in [2.05, 4.69) is 5.32 Å². The van der Waals surface area contributed by atoms with Gasteiger partial charge in [0.25, 0.3) is 5.91 Å². The van der Waals surface area contributed by atoms with Gasteiger partial charge >= 0.3 is 5.97 Å². The smallest absolute Gasteiger partial charge is 0.311 e. The number of esters is 1. The van der Waals surface area contributed by atoms with E-state index in [1.165, 1.54) is 18.1 Å². The highest BCUT2D eigenvalue weighted by molar-refractivity contribution is 6.04. The average Bonchev–Trinajstić information content (AvgIpc) is 3.30. The van der Waals surface area contributed by atoms with Crippen molar-refractivity contribution in [3.05, 3.63) is 54.0 Å². The van der Waals surface area contributed by atoms with Crippen molar-refractivity contribution in [1.82, 2.24) is 4.90 Å². The van der Waals surface area contributed by atoms with Gasteiger partial charge in [-0.15, -0.1) is 0 Å². The minimum absolute atomic E-state index is 0.0360. The van der Waals surface area contributed by atoms with E-state index in [9.17, 15) is 19.2 Å². The summed E-state index contributed by atoms with van der Waals surface area (Å²) in [5, 5.41) is 2.56. The number of para-hydroxylation sites is 1. The number of nitrogens with one attached hydrogen (secondary N) is 1. The van der Waals surface area contributed by atoms with Crippen LogP contribution in [-0.2, 0) is 25.7 Å². The highest BCUT2D eigenvalue weighted by atomic mass is 16.5. The molecule has 0 radical (unpaired) electrons. The van der Waals surface area contributed by atoms with Gasteiger partial charge in [0.05, 0.1) is 24.4 Å². The Morgan fingerprint density at radius 2 is 2.00 bits per heavy atom. The monoisotopic (exact) mass is 384 g/mol. The van der Waals surface area contributed by atoms with Crippen LogP contribution in [0.1, 0.15) is 29.5 Å². The predicted octanol–water partition coefficient (Wildman–Crippen LogP) is 2.01. The van der Waals surface area contributed by atoms with Crippen molar-refractivity contribution in [2.75, 3.05) is 18.5 Å². The van der Waals surface area contributed by atoms with Crippen molar-refractivity contribution in [2.24, 2.45) is 5.92 Å². The predicted molar refractivity (Wildman–Crippen MR) is 98.3 cm³/mol. The molecule has 2 amide bonds. The first-order valence-electron chi connectivity index (χ1n) is 8.80. The topological polar surface area (TPSA) is 106 Å². The lowest BCUT2D eigenvalue weighted by molar-refractivity contribution is -0.151. The molecule has 0 saturated carbocycles. The molecule has 2 heterocycles. The van der Waals surface area contributed by atoms with E-state index in [0.29, 0.717) is 17.0 Å². The fourth-order valence-corrected chi connectivity index (χ4v) is 3.01. The molecule has 1 N–H and O–H groups in total. The van der Waals surface area contributed by atoms with Crippen LogP contribution in [-0.4, -0.2) is 41.6 Å². The first-order valence-corrected chi connectivity index (χ1v) is 8.80. The summed E-state index contributed by atoms with van der Waals surface area (Å²) in [5.74, 6) is -1.51. The Balaban J connectivity index is 1.50. The van der Waals surface area contributed by atoms with Gasteiger partial charge in [-0.25, -0.2) is 0 Å². The second kappa shape index (κ2) is 8.51. The molecule has 0 unspecified atom stereocenters. The molecule has 146 valence electrons. The molecule has 1 fully saturated rings. The van der Waals surface area contributed by atoms with Gasteiger partial charge < -0.3 is 19.4 Å². The van der Waals surface area contributed by atoms with Gasteiger partial charge in [-0.1, -0.05) is 12.1 Å². The van der Waals surface area contributed by atoms with Crippen LogP contribution in [0.5, 0.6) is 0 Å². The van der Waals surface area contributed by atoms with E-state index in [4.69, 9.17) is 9.15 Å². The molecule has 1 aliphatic heterocycles. The van der Waals surface area contributed by atoms with Crippen LogP contribution < -0.4 is 5.32 Å². The quantitative estimate of drug-likeness (QED) is 0.578. The Hall–Kier alpha value is -3.42. The van der Waals surface area contributed by atoms with Gasteiger partial charge in [0.2, 0.25) is 5.91 Å². The van der Waals surface area contributed by atoms with Gasteiger partial charge in [0, 0.05) is 18.5 Å². The molecule has 0 spiro atoms. The van der Waals surface area contributed by atoms with Crippen LogP contribution in [0.25, 0.3) is 0 Å². The highest BCUT2D eigenvalue weighted by Gasteiger charge is 2.35. The largest absolute Gasteiger partial charge is 0.467 e. The van der Waals surface area contributed by atoms with Gasteiger partial charge in [0.15, 0.2) is 12.4 Å². The van der Waals surface area contributed by atoms with Gasteiger partial charge in [-0.05, 0) is 31.2 Å². The van der Waals surface area contributed by atoms with Crippen LogP contribution in [0.3, 0.4) is 0 Å². The van der Waals surface area contributed by atoms with Crippen LogP contribution in [0.4, 0.5) is 5.69 Å². The number of amides is 2. The summed E-state index contributed by atoms with van der Waals surface area (Å²) in [6.45, 7) is 1.41. The third kappa shape index (κ3) is 4.64. The third-order valence-corrected chi connectivity index (χ3v) is 4.40. The number of hydrogen-bond acceptors (Lipinski definition) is 6. The fraction of sp³-hybridized carbons (Fsp3) is 0.300. The summed E-state index contributed by atoms with van der Waals surface area (Å²) in [6, 6.07) is 10.1.